The van der Waals surface area contributed by atoms with Crippen molar-refractivity contribution in [2.75, 3.05) is 6.61 Å². The van der Waals surface area contributed by atoms with E-state index in [1.165, 1.54) is 0 Å². The highest BCUT2D eigenvalue weighted by atomic mass is 32.1. The van der Waals surface area contributed by atoms with E-state index in [0.717, 1.165) is 11.3 Å². The molecule has 2 aromatic heterocycles. The molecule has 0 unspecified atom stereocenters. The number of benzene rings is 1. The first-order valence-corrected chi connectivity index (χ1v) is 9.78. The molecule has 0 saturated heterocycles. The van der Waals surface area contributed by atoms with Gasteiger partial charge >= 0.3 is 11.9 Å². The fraction of sp³-hybridized carbons (Fsp3) is 0.300. The van der Waals surface area contributed by atoms with Crippen molar-refractivity contribution in [2.24, 2.45) is 0 Å². The molecular formula is C20H20N2O6S. The van der Waals surface area contributed by atoms with E-state index in [9.17, 15) is 14.4 Å². The molecule has 0 saturated carbocycles. The molecule has 0 bridgehead atoms. The van der Waals surface area contributed by atoms with Gasteiger partial charge in [-0.1, -0.05) is 12.1 Å². The van der Waals surface area contributed by atoms with Crippen LogP contribution in [0.25, 0.3) is 10.2 Å². The van der Waals surface area contributed by atoms with Gasteiger partial charge in [-0.05, 0) is 44.0 Å². The van der Waals surface area contributed by atoms with Gasteiger partial charge in [0, 0.05) is 0 Å². The minimum absolute atomic E-state index is 0.120. The first-order valence-electron chi connectivity index (χ1n) is 8.96. The summed E-state index contributed by atoms with van der Waals surface area (Å²) in [7, 11) is 0. The molecule has 9 heteroatoms. The van der Waals surface area contributed by atoms with Crippen LogP contribution in [0, 0.1) is 6.92 Å². The number of aliphatic hydroxyl groups is 1. The third-order valence-electron chi connectivity index (χ3n) is 4.32. The van der Waals surface area contributed by atoms with Gasteiger partial charge in [-0.3, -0.25) is 4.79 Å². The van der Waals surface area contributed by atoms with Crippen LogP contribution in [-0.2, 0) is 16.1 Å². The lowest BCUT2D eigenvalue weighted by atomic mass is 10.1. The molecule has 1 atom stereocenters. The van der Waals surface area contributed by atoms with E-state index >= 15 is 0 Å². The summed E-state index contributed by atoms with van der Waals surface area (Å²) in [6.45, 7) is 5.08. The van der Waals surface area contributed by atoms with Crippen LogP contribution >= 0.6 is 11.3 Å². The highest BCUT2D eigenvalue weighted by Gasteiger charge is 2.22. The zero-order valence-electron chi connectivity index (χ0n) is 16.1. The first-order chi connectivity index (χ1) is 13.8. The maximum absolute atomic E-state index is 12.5. The number of ether oxygens (including phenoxy) is 2. The number of fused-ring (bicyclic) bond motifs is 1. The Bertz CT molecular complexity index is 1120. The zero-order chi connectivity index (χ0) is 21.1. The van der Waals surface area contributed by atoms with Crippen LogP contribution < -0.4 is 5.56 Å². The van der Waals surface area contributed by atoms with Crippen LogP contribution in [0.1, 0.15) is 56.9 Å². The molecule has 152 valence electrons. The Kier molecular flexibility index (Phi) is 6.09. The van der Waals surface area contributed by atoms with Gasteiger partial charge in [-0.15, -0.1) is 11.3 Å². The van der Waals surface area contributed by atoms with Gasteiger partial charge in [0.05, 0.1) is 24.2 Å². The largest absolute Gasteiger partial charge is 0.462 e. The number of carbonyl (C=O) groups excluding carboxylic acids is 2. The van der Waals surface area contributed by atoms with Gasteiger partial charge < -0.3 is 19.6 Å². The molecule has 2 N–H and O–H groups in total. The predicted octanol–water partition coefficient (Wildman–Crippen LogP) is 2.88. The smallest absolute Gasteiger partial charge is 0.348 e. The van der Waals surface area contributed by atoms with E-state index in [2.05, 4.69) is 9.97 Å². The highest BCUT2D eigenvalue weighted by Crippen LogP contribution is 2.28. The highest BCUT2D eigenvalue weighted by molar-refractivity contribution is 7.20. The van der Waals surface area contributed by atoms with Crippen LogP contribution in [-0.4, -0.2) is 33.6 Å². The Morgan fingerprint density at radius 1 is 1.24 bits per heavy atom. The maximum Gasteiger partial charge on any atom is 0.348 e. The Morgan fingerprint density at radius 2 is 1.93 bits per heavy atom. The second kappa shape index (κ2) is 8.54. The van der Waals surface area contributed by atoms with E-state index in [0.29, 0.717) is 31.8 Å². The molecule has 0 aliphatic rings. The van der Waals surface area contributed by atoms with Crippen molar-refractivity contribution in [3.05, 3.63) is 62.0 Å². The number of nitrogens with zero attached hydrogens (tertiary/aromatic N) is 1. The Hall–Kier alpha value is -3.04. The second-order valence-electron chi connectivity index (χ2n) is 6.31. The number of esters is 2. The molecule has 3 rings (SSSR count). The zero-order valence-corrected chi connectivity index (χ0v) is 17.0. The molecule has 0 radical (unpaired) electrons. The van der Waals surface area contributed by atoms with Crippen molar-refractivity contribution in [3.63, 3.8) is 0 Å². The van der Waals surface area contributed by atoms with Crippen molar-refractivity contribution in [1.29, 1.82) is 0 Å². The summed E-state index contributed by atoms with van der Waals surface area (Å²) in [6, 6.07) is 6.35. The summed E-state index contributed by atoms with van der Waals surface area (Å²) >= 11 is 1.07. The number of aryl methyl sites for hydroxylation is 1. The second-order valence-corrected chi connectivity index (χ2v) is 7.31. The van der Waals surface area contributed by atoms with Gasteiger partial charge in [0.1, 0.15) is 9.71 Å². The number of aromatic amines is 1. The number of carbonyl (C=O) groups is 2. The van der Waals surface area contributed by atoms with Gasteiger partial charge in [0.15, 0.2) is 11.9 Å². The summed E-state index contributed by atoms with van der Waals surface area (Å²) in [5.41, 5.74) is 1.09. The van der Waals surface area contributed by atoms with Gasteiger partial charge in [-0.25, -0.2) is 14.6 Å². The average molecular weight is 416 g/mol. The fourth-order valence-corrected chi connectivity index (χ4v) is 3.86. The molecular weight excluding hydrogens is 396 g/mol. The van der Waals surface area contributed by atoms with Crippen LogP contribution in [0.4, 0.5) is 0 Å². The SMILES string of the molecule is CCOC(=O)c1sc2nc([C@H](C)OC(=O)c3ccc(CO)cc3)[nH]c(=O)c2c1C. The normalized spacial score (nSPS) is 12.0. The number of rotatable bonds is 6. The summed E-state index contributed by atoms with van der Waals surface area (Å²) in [6.07, 6.45) is -0.814. The van der Waals surface area contributed by atoms with E-state index in [1.54, 1.807) is 45.0 Å². The van der Waals surface area contributed by atoms with Gasteiger partial charge in [0.25, 0.3) is 5.56 Å². The molecule has 2 heterocycles. The fourth-order valence-electron chi connectivity index (χ4n) is 2.78. The molecule has 0 aliphatic heterocycles. The molecule has 0 aliphatic carbocycles. The summed E-state index contributed by atoms with van der Waals surface area (Å²) in [5.74, 6) is -0.904. The molecule has 0 spiro atoms. The quantitative estimate of drug-likeness (QED) is 0.593. The molecule has 0 amide bonds. The van der Waals surface area contributed by atoms with Crippen molar-refractivity contribution < 1.29 is 24.2 Å². The predicted molar refractivity (Wildman–Crippen MR) is 107 cm³/mol. The lowest BCUT2D eigenvalue weighted by molar-refractivity contribution is 0.0319. The molecule has 8 nitrogen and oxygen atoms in total. The summed E-state index contributed by atoms with van der Waals surface area (Å²) in [5, 5.41) is 9.39. The average Bonchev–Trinajstić information content (AvgIpc) is 3.05. The number of aromatic nitrogens is 2. The third kappa shape index (κ3) is 4.20. The van der Waals surface area contributed by atoms with Gasteiger partial charge in [0.2, 0.25) is 0 Å². The van der Waals surface area contributed by atoms with Crippen LogP contribution in [0.15, 0.2) is 29.1 Å². The summed E-state index contributed by atoms with van der Waals surface area (Å²) < 4.78 is 10.4. The van der Waals surface area contributed by atoms with Crippen molar-refractivity contribution >= 4 is 33.5 Å². The minimum atomic E-state index is -0.814. The van der Waals surface area contributed by atoms with Crippen LogP contribution in [0.2, 0.25) is 0 Å². The van der Waals surface area contributed by atoms with E-state index in [4.69, 9.17) is 14.6 Å². The number of nitrogens with one attached hydrogen (secondary N) is 1. The topological polar surface area (TPSA) is 119 Å². The van der Waals surface area contributed by atoms with Crippen LogP contribution in [0.3, 0.4) is 0 Å². The Morgan fingerprint density at radius 3 is 2.55 bits per heavy atom. The number of aliphatic hydroxyl groups excluding tert-OH is 1. The lowest BCUT2D eigenvalue weighted by Gasteiger charge is -2.12. The number of hydrogen-bond donors (Lipinski definition) is 2. The Labute approximate surface area is 170 Å². The van der Waals surface area contributed by atoms with Crippen molar-refractivity contribution in [1.82, 2.24) is 9.97 Å². The molecule has 29 heavy (non-hydrogen) atoms. The van der Waals surface area contributed by atoms with Gasteiger partial charge in [-0.2, -0.15) is 0 Å². The summed E-state index contributed by atoms with van der Waals surface area (Å²) in [4.78, 5) is 44.7. The van der Waals surface area contributed by atoms with Crippen molar-refractivity contribution in [3.8, 4) is 0 Å². The standard InChI is InChI=1S/C20H20N2O6S/c1-4-27-20(26)15-10(2)14-17(24)21-16(22-18(14)29-15)11(3)28-19(25)13-7-5-12(9-23)6-8-13/h5-8,11,23H,4,9H2,1-3H3,(H,21,22,24)/t11-/m0/s1. The monoisotopic (exact) mass is 416 g/mol. The minimum Gasteiger partial charge on any atom is -0.462 e. The van der Waals surface area contributed by atoms with E-state index < -0.39 is 23.6 Å². The number of thiophene rings is 1. The number of hydrogen-bond acceptors (Lipinski definition) is 8. The molecule has 0 fully saturated rings. The Balaban J connectivity index is 1.87. The van der Waals surface area contributed by atoms with Crippen LogP contribution in [0.5, 0.6) is 0 Å². The van der Waals surface area contributed by atoms with Crippen molar-refractivity contribution in [2.45, 2.75) is 33.5 Å². The van der Waals surface area contributed by atoms with E-state index in [1.807, 2.05) is 0 Å². The third-order valence-corrected chi connectivity index (χ3v) is 5.49. The van der Waals surface area contributed by atoms with E-state index in [-0.39, 0.29) is 19.0 Å². The molecule has 1 aromatic carbocycles. The lowest BCUT2D eigenvalue weighted by Crippen LogP contribution is -2.17. The first kappa shape index (κ1) is 20.7. The molecule has 3 aromatic rings. The maximum atomic E-state index is 12.5. The number of H-pyrrole nitrogens is 1.